The number of nitrogens with two attached hydrogens (primary N) is 1. The van der Waals surface area contributed by atoms with E-state index in [0.29, 0.717) is 26.4 Å². The Morgan fingerprint density at radius 2 is 1.62 bits per heavy atom. The summed E-state index contributed by atoms with van der Waals surface area (Å²) in [5.41, 5.74) is 6.37. The molecule has 0 amide bonds. The van der Waals surface area contributed by atoms with Gasteiger partial charge in [0.25, 0.3) is 0 Å². The van der Waals surface area contributed by atoms with Crippen LogP contribution in [0.4, 0.5) is 0 Å². The predicted octanol–water partition coefficient (Wildman–Crippen LogP) is 2.48. The standard InChI is InChI=1S/C18H37NO5/c1-5-8-9-12-23-18-15(19)17(22-11-7-3)16(20-4)14(24-18)13-21-10-6-2/h14-18H,5-13,19H2,1-4H3/t14-,15-,16-,17-,18?/m1/s1. The minimum atomic E-state index is -0.481. The SMILES string of the molecule is CCCCCOC1O[C@H](COCCC)[C@@H](OC)[C@H](OCCC)[C@H]1N. The molecule has 0 aromatic rings. The average molecular weight is 347 g/mol. The average Bonchev–Trinajstić information content (AvgIpc) is 2.59. The fourth-order valence-electron chi connectivity index (χ4n) is 2.85. The zero-order valence-electron chi connectivity index (χ0n) is 15.9. The van der Waals surface area contributed by atoms with E-state index in [1.54, 1.807) is 7.11 Å². The van der Waals surface area contributed by atoms with E-state index in [2.05, 4.69) is 20.8 Å². The quantitative estimate of drug-likeness (QED) is 0.516. The topological polar surface area (TPSA) is 72.2 Å². The molecule has 1 rings (SSSR count). The predicted molar refractivity (Wildman–Crippen MR) is 94.1 cm³/mol. The van der Waals surface area contributed by atoms with Crippen molar-refractivity contribution in [3.05, 3.63) is 0 Å². The second-order valence-corrected chi connectivity index (χ2v) is 6.31. The van der Waals surface area contributed by atoms with E-state index in [1.165, 1.54) is 0 Å². The first-order valence-electron chi connectivity index (χ1n) is 9.44. The van der Waals surface area contributed by atoms with Gasteiger partial charge in [0.1, 0.15) is 18.3 Å². The highest BCUT2D eigenvalue weighted by Crippen LogP contribution is 2.26. The van der Waals surface area contributed by atoms with Crippen molar-refractivity contribution in [3.8, 4) is 0 Å². The summed E-state index contributed by atoms with van der Waals surface area (Å²) < 4.78 is 29.3. The van der Waals surface area contributed by atoms with Crippen molar-refractivity contribution in [2.45, 2.75) is 83.5 Å². The van der Waals surface area contributed by atoms with Crippen LogP contribution in [0.5, 0.6) is 0 Å². The van der Waals surface area contributed by atoms with Gasteiger partial charge in [-0.15, -0.1) is 0 Å². The van der Waals surface area contributed by atoms with E-state index in [9.17, 15) is 0 Å². The maximum atomic E-state index is 6.37. The van der Waals surface area contributed by atoms with Gasteiger partial charge in [0.15, 0.2) is 6.29 Å². The lowest BCUT2D eigenvalue weighted by molar-refractivity contribution is -0.279. The smallest absolute Gasteiger partial charge is 0.175 e. The van der Waals surface area contributed by atoms with Gasteiger partial charge in [0.05, 0.1) is 12.6 Å². The maximum absolute atomic E-state index is 6.37. The highest BCUT2D eigenvalue weighted by molar-refractivity contribution is 4.94. The van der Waals surface area contributed by atoms with Crippen molar-refractivity contribution >= 4 is 0 Å². The lowest BCUT2D eigenvalue weighted by Crippen LogP contribution is -2.64. The van der Waals surface area contributed by atoms with Crippen LogP contribution in [0.15, 0.2) is 0 Å². The van der Waals surface area contributed by atoms with E-state index < -0.39 is 6.29 Å². The Morgan fingerprint density at radius 1 is 0.875 bits per heavy atom. The monoisotopic (exact) mass is 347 g/mol. The van der Waals surface area contributed by atoms with E-state index in [1.807, 2.05) is 0 Å². The molecule has 144 valence electrons. The van der Waals surface area contributed by atoms with Gasteiger partial charge in [-0.3, -0.25) is 0 Å². The molecule has 0 radical (unpaired) electrons. The first-order valence-corrected chi connectivity index (χ1v) is 9.44. The molecule has 0 aliphatic carbocycles. The van der Waals surface area contributed by atoms with Gasteiger partial charge in [0.2, 0.25) is 0 Å². The van der Waals surface area contributed by atoms with Crippen molar-refractivity contribution in [1.29, 1.82) is 0 Å². The molecule has 1 fully saturated rings. The Bertz CT molecular complexity index is 305. The fourth-order valence-corrected chi connectivity index (χ4v) is 2.85. The third kappa shape index (κ3) is 6.94. The molecule has 0 saturated carbocycles. The summed E-state index contributed by atoms with van der Waals surface area (Å²) in [4.78, 5) is 0. The summed E-state index contributed by atoms with van der Waals surface area (Å²) in [5, 5.41) is 0. The van der Waals surface area contributed by atoms with Crippen molar-refractivity contribution in [2.24, 2.45) is 5.73 Å². The summed E-state index contributed by atoms with van der Waals surface area (Å²) in [6, 6.07) is -0.370. The maximum Gasteiger partial charge on any atom is 0.175 e. The fraction of sp³-hybridized carbons (Fsp3) is 1.00. The van der Waals surface area contributed by atoms with Gasteiger partial charge < -0.3 is 29.4 Å². The van der Waals surface area contributed by atoms with Gasteiger partial charge >= 0.3 is 0 Å². The number of methoxy groups -OCH3 is 1. The molecule has 0 aromatic carbocycles. The van der Waals surface area contributed by atoms with Crippen molar-refractivity contribution in [1.82, 2.24) is 0 Å². The largest absolute Gasteiger partial charge is 0.379 e. The molecule has 0 spiro atoms. The van der Waals surface area contributed by atoms with Gasteiger partial charge in [-0.05, 0) is 19.3 Å². The minimum Gasteiger partial charge on any atom is -0.379 e. The van der Waals surface area contributed by atoms with Crippen LogP contribution in [-0.2, 0) is 23.7 Å². The lowest BCUT2D eigenvalue weighted by atomic mass is 9.97. The van der Waals surface area contributed by atoms with Crippen LogP contribution in [0, 0.1) is 0 Å². The summed E-state index contributed by atoms with van der Waals surface area (Å²) in [7, 11) is 1.66. The Balaban J connectivity index is 2.69. The van der Waals surface area contributed by atoms with Crippen LogP contribution < -0.4 is 5.73 Å². The third-order valence-electron chi connectivity index (χ3n) is 4.14. The minimum absolute atomic E-state index is 0.237. The second-order valence-electron chi connectivity index (χ2n) is 6.31. The van der Waals surface area contributed by atoms with Crippen LogP contribution in [-0.4, -0.2) is 64.2 Å². The van der Waals surface area contributed by atoms with Crippen LogP contribution in [0.2, 0.25) is 0 Å². The Hall–Kier alpha value is -0.240. The van der Waals surface area contributed by atoms with E-state index in [0.717, 1.165) is 32.1 Å². The molecule has 24 heavy (non-hydrogen) atoms. The van der Waals surface area contributed by atoms with Crippen LogP contribution in [0.1, 0.15) is 52.9 Å². The number of unbranched alkanes of at least 4 members (excludes halogenated alkanes) is 2. The second kappa shape index (κ2) is 13.0. The molecule has 1 heterocycles. The normalized spacial score (nSPS) is 30.6. The summed E-state index contributed by atoms with van der Waals surface area (Å²) in [6.07, 6.45) is 3.98. The first kappa shape index (κ1) is 21.8. The Labute approximate surface area is 147 Å². The number of ether oxygens (including phenoxy) is 5. The zero-order chi connectivity index (χ0) is 17.8. The first-order chi connectivity index (χ1) is 11.7. The molecule has 0 bridgehead atoms. The highest BCUT2D eigenvalue weighted by atomic mass is 16.7. The van der Waals surface area contributed by atoms with E-state index in [-0.39, 0.29) is 24.4 Å². The number of rotatable bonds is 13. The molecule has 1 aliphatic heterocycles. The molecule has 6 heteroatoms. The van der Waals surface area contributed by atoms with Crippen molar-refractivity contribution < 1.29 is 23.7 Å². The molecule has 0 aromatic heterocycles. The zero-order valence-corrected chi connectivity index (χ0v) is 15.9. The highest BCUT2D eigenvalue weighted by Gasteiger charge is 2.45. The van der Waals surface area contributed by atoms with E-state index >= 15 is 0 Å². The molecule has 1 saturated heterocycles. The Kier molecular flexibility index (Phi) is 11.8. The number of hydrogen-bond acceptors (Lipinski definition) is 6. The van der Waals surface area contributed by atoms with Crippen LogP contribution in [0.25, 0.3) is 0 Å². The molecule has 1 aliphatic rings. The van der Waals surface area contributed by atoms with Gasteiger partial charge in [-0.25, -0.2) is 0 Å². The molecule has 1 unspecified atom stereocenters. The molecular weight excluding hydrogens is 310 g/mol. The van der Waals surface area contributed by atoms with Crippen LogP contribution >= 0.6 is 0 Å². The van der Waals surface area contributed by atoms with Crippen LogP contribution in [0.3, 0.4) is 0 Å². The van der Waals surface area contributed by atoms with Crippen molar-refractivity contribution in [3.63, 3.8) is 0 Å². The Morgan fingerprint density at radius 3 is 2.25 bits per heavy atom. The molecule has 6 nitrogen and oxygen atoms in total. The summed E-state index contributed by atoms with van der Waals surface area (Å²) >= 11 is 0. The number of hydrogen-bond donors (Lipinski definition) is 1. The van der Waals surface area contributed by atoms with Crippen molar-refractivity contribution in [2.75, 3.05) is 33.5 Å². The summed E-state index contributed by atoms with van der Waals surface area (Å²) in [5.74, 6) is 0. The molecule has 2 N–H and O–H groups in total. The van der Waals surface area contributed by atoms with Gasteiger partial charge in [-0.2, -0.15) is 0 Å². The van der Waals surface area contributed by atoms with Gasteiger partial charge in [0, 0.05) is 26.9 Å². The van der Waals surface area contributed by atoms with E-state index in [4.69, 9.17) is 29.4 Å². The third-order valence-corrected chi connectivity index (χ3v) is 4.14. The molecule has 5 atom stereocenters. The summed E-state index contributed by atoms with van der Waals surface area (Å²) in [6.45, 7) is 8.77. The lowest BCUT2D eigenvalue weighted by Gasteiger charge is -2.44. The molecular formula is C18H37NO5. The van der Waals surface area contributed by atoms with Gasteiger partial charge in [-0.1, -0.05) is 33.6 Å².